The van der Waals surface area contributed by atoms with Gasteiger partial charge in [-0.1, -0.05) is 23.7 Å². The van der Waals surface area contributed by atoms with E-state index in [1.165, 1.54) is 0 Å². The summed E-state index contributed by atoms with van der Waals surface area (Å²) >= 11 is 5.82. The molecule has 0 aliphatic carbocycles. The highest BCUT2D eigenvalue weighted by Gasteiger charge is 2.13. The van der Waals surface area contributed by atoms with Gasteiger partial charge < -0.3 is 19.3 Å². The summed E-state index contributed by atoms with van der Waals surface area (Å²) in [4.78, 5) is 0. The van der Waals surface area contributed by atoms with Gasteiger partial charge in [-0.3, -0.25) is 0 Å². The van der Waals surface area contributed by atoms with E-state index in [0.29, 0.717) is 35.5 Å². The number of benzene rings is 2. The number of halogens is 1. The Kier molecular flexibility index (Phi) is 4.18. The molecule has 4 nitrogen and oxygen atoms in total. The average Bonchev–Trinajstić information content (AvgIpc) is 2.53. The van der Waals surface area contributed by atoms with E-state index in [1.54, 1.807) is 42.5 Å². The molecule has 0 saturated carbocycles. The van der Waals surface area contributed by atoms with Crippen LogP contribution in [0.4, 0.5) is 0 Å². The Morgan fingerprint density at radius 2 is 1.76 bits per heavy atom. The molecule has 21 heavy (non-hydrogen) atoms. The van der Waals surface area contributed by atoms with Gasteiger partial charge >= 0.3 is 0 Å². The molecule has 1 atom stereocenters. The molecule has 0 spiro atoms. The lowest BCUT2D eigenvalue weighted by Crippen LogP contribution is -2.15. The van der Waals surface area contributed by atoms with Gasteiger partial charge in [-0.25, -0.2) is 0 Å². The smallest absolute Gasteiger partial charge is 0.165 e. The van der Waals surface area contributed by atoms with Gasteiger partial charge in [-0.15, -0.1) is 0 Å². The quantitative estimate of drug-likeness (QED) is 0.942. The maximum atomic E-state index is 10.1. The minimum atomic E-state index is -0.713. The molecule has 2 aromatic rings. The molecular weight excluding hydrogens is 292 g/mol. The van der Waals surface area contributed by atoms with Crippen molar-refractivity contribution in [2.75, 3.05) is 19.8 Å². The van der Waals surface area contributed by atoms with E-state index in [0.717, 1.165) is 5.56 Å². The molecule has 3 rings (SSSR count). The van der Waals surface area contributed by atoms with Crippen molar-refractivity contribution in [1.29, 1.82) is 0 Å². The molecule has 2 aromatic carbocycles. The van der Waals surface area contributed by atoms with Crippen LogP contribution < -0.4 is 14.2 Å². The van der Waals surface area contributed by atoms with Crippen LogP contribution in [0.3, 0.4) is 0 Å². The number of ether oxygens (including phenoxy) is 3. The van der Waals surface area contributed by atoms with Crippen LogP contribution in [-0.4, -0.2) is 24.9 Å². The zero-order chi connectivity index (χ0) is 14.7. The fraction of sp³-hybridized carbons (Fsp3) is 0.250. The largest absolute Gasteiger partial charge is 0.490 e. The predicted molar refractivity (Wildman–Crippen MR) is 79.3 cm³/mol. The van der Waals surface area contributed by atoms with Crippen molar-refractivity contribution in [3.05, 3.63) is 53.1 Å². The Morgan fingerprint density at radius 3 is 2.52 bits per heavy atom. The highest BCUT2D eigenvalue weighted by molar-refractivity contribution is 6.30. The summed E-state index contributed by atoms with van der Waals surface area (Å²) in [5, 5.41) is 10.7. The van der Waals surface area contributed by atoms with Crippen molar-refractivity contribution in [2.24, 2.45) is 0 Å². The molecule has 5 heteroatoms. The van der Waals surface area contributed by atoms with Crippen LogP contribution in [0.5, 0.6) is 17.2 Å². The van der Waals surface area contributed by atoms with Gasteiger partial charge in [0.2, 0.25) is 0 Å². The Labute approximate surface area is 127 Å². The molecule has 1 heterocycles. The summed E-state index contributed by atoms with van der Waals surface area (Å²) in [6.07, 6.45) is -0.713. The van der Waals surface area contributed by atoms with E-state index in [9.17, 15) is 5.11 Å². The fourth-order valence-corrected chi connectivity index (χ4v) is 2.20. The van der Waals surface area contributed by atoms with E-state index in [1.807, 2.05) is 0 Å². The van der Waals surface area contributed by atoms with Gasteiger partial charge in [0.1, 0.15) is 31.7 Å². The highest BCUT2D eigenvalue weighted by Crippen LogP contribution is 2.33. The molecule has 0 radical (unpaired) electrons. The van der Waals surface area contributed by atoms with Crippen LogP contribution in [0.1, 0.15) is 11.7 Å². The molecule has 1 unspecified atom stereocenters. The van der Waals surface area contributed by atoms with Crippen LogP contribution in [0.15, 0.2) is 42.5 Å². The van der Waals surface area contributed by atoms with Gasteiger partial charge in [-0.2, -0.15) is 0 Å². The molecule has 0 aromatic heterocycles. The standard InChI is InChI=1S/C16H15ClO4/c17-12-3-1-11(2-4-12)14(18)10-21-13-5-6-15-16(9-13)20-8-7-19-15/h1-6,9,14,18H,7-8,10H2. The van der Waals surface area contributed by atoms with E-state index >= 15 is 0 Å². The Hall–Kier alpha value is -1.91. The Morgan fingerprint density at radius 1 is 1.05 bits per heavy atom. The number of fused-ring (bicyclic) bond motifs is 1. The third-order valence-corrected chi connectivity index (χ3v) is 3.43. The van der Waals surface area contributed by atoms with Gasteiger partial charge in [0.25, 0.3) is 0 Å². The lowest BCUT2D eigenvalue weighted by atomic mass is 10.1. The number of hydrogen-bond donors (Lipinski definition) is 1. The molecule has 0 bridgehead atoms. The minimum Gasteiger partial charge on any atom is -0.490 e. The zero-order valence-corrected chi connectivity index (χ0v) is 12.0. The normalized spacial score (nSPS) is 14.6. The van der Waals surface area contributed by atoms with Crippen molar-refractivity contribution >= 4 is 11.6 Å². The van der Waals surface area contributed by atoms with E-state index in [-0.39, 0.29) is 6.61 Å². The molecule has 0 saturated heterocycles. The number of hydrogen-bond acceptors (Lipinski definition) is 4. The minimum absolute atomic E-state index is 0.154. The highest BCUT2D eigenvalue weighted by atomic mass is 35.5. The molecule has 1 aliphatic heterocycles. The number of aliphatic hydroxyl groups is 1. The summed E-state index contributed by atoms with van der Waals surface area (Å²) in [5.74, 6) is 2.01. The van der Waals surface area contributed by atoms with E-state index in [4.69, 9.17) is 25.8 Å². The van der Waals surface area contributed by atoms with E-state index in [2.05, 4.69) is 0 Å². The fourth-order valence-electron chi connectivity index (χ4n) is 2.07. The second-order valence-corrected chi connectivity index (χ2v) is 5.12. The average molecular weight is 307 g/mol. The molecule has 110 valence electrons. The van der Waals surface area contributed by atoms with E-state index < -0.39 is 6.10 Å². The predicted octanol–water partition coefficient (Wildman–Crippen LogP) is 3.22. The molecular formula is C16H15ClO4. The Balaban J connectivity index is 1.63. The van der Waals surface area contributed by atoms with Crippen molar-refractivity contribution in [1.82, 2.24) is 0 Å². The summed E-state index contributed by atoms with van der Waals surface area (Å²) in [6, 6.07) is 12.4. The van der Waals surface area contributed by atoms with Gasteiger partial charge in [0.05, 0.1) is 0 Å². The van der Waals surface area contributed by atoms with Gasteiger partial charge in [0, 0.05) is 11.1 Å². The monoisotopic (exact) mass is 306 g/mol. The second kappa shape index (κ2) is 6.24. The SMILES string of the molecule is OC(COc1ccc2c(c1)OCCO2)c1ccc(Cl)cc1. The van der Waals surface area contributed by atoms with Crippen molar-refractivity contribution < 1.29 is 19.3 Å². The topological polar surface area (TPSA) is 47.9 Å². The third-order valence-electron chi connectivity index (χ3n) is 3.18. The number of rotatable bonds is 4. The summed E-state index contributed by atoms with van der Waals surface area (Å²) in [5.41, 5.74) is 0.761. The van der Waals surface area contributed by atoms with Crippen LogP contribution in [0, 0.1) is 0 Å². The lowest BCUT2D eigenvalue weighted by molar-refractivity contribution is 0.107. The molecule has 0 fully saturated rings. The molecule has 1 N–H and O–H groups in total. The van der Waals surface area contributed by atoms with Gasteiger partial charge in [0.15, 0.2) is 11.5 Å². The summed E-state index contributed by atoms with van der Waals surface area (Å²) in [7, 11) is 0. The zero-order valence-electron chi connectivity index (χ0n) is 11.3. The van der Waals surface area contributed by atoms with Crippen molar-refractivity contribution in [3.63, 3.8) is 0 Å². The van der Waals surface area contributed by atoms with Crippen LogP contribution >= 0.6 is 11.6 Å². The first kappa shape index (κ1) is 14.0. The van der Waals surface area contributed by atoms with Crippen molar-refractivity contribution in [3.8, 4) is 17.2 Å². The van der Waals surface area contributed by atoms with Crippen LogP contribution in [0.2, 0.25) is 5.02 Å². The number of aliphatic hydroxyl groups excluding tert-OH is 1. The molecule has 1 aliphatic rings. The third kappa shape index (κ3) is 3.40. The first-order chi connectivity index (χ1) is 10.2. The summed E-state index contributed by atoms with van der Waals surface area (Å²) in [6.45, 7) is 1.24. The first-order valence-corrected chi connectivity index (χ1v) is 7.06. The first-order valence-electron chi connectivity index (χ1n) is 6.68. The Bertz CT molecular complexity index is 612. The van der Waals surface area contributed by atoms with Gasteiger partial charge in [-0.05, 0) is 29.8 Å². The van der Waals surface area contributed by atoms with Crippen LogP contribution in [-0.2, 0) is 0 Å². The van der Waals surface area contributed by atoms with Crippen molar-refractivity contribution in [2.45, 2.75) is 6.10 Å². The summed E-state index contributed by atoms with van der Waals surface area (Å²) < 4.78 is 16.5. The van der Waals surface area contributed by atoms with Crippen LogP contribution in [0.25, 0.3) is 0 Å². The second-order valence-electron chi connectivity index (χ2n) is 4.68. The lowest BCUT2D eigenvalue weighted by Gasteiger charge is -2.19. The maximum Gasteiger partial charge on any atom is 0.165 e. The molecule has 0 amide bonds. The maximum absolute atomic E-state index is 10.1.